The standard InChI is InChI=1S/C22H25N3O4S/c1-15(26)23-17-8-10-19(11-9-17)30(28,29)25-13-12-16-4-2-3-5-20(16)21(25)14-22(27)24-18-6-7-18/h2-5,8-11,18,21H,6-7,12-14H2,1H3,(H,23,26)(H,24,27)/t21-/m1/s1. The Hall–Kier alpha value is -2.71. The second-order valence-corrected chi connectivity index (χ2v) is 9.72. The average molecular weight is 428 g/mol. The number of rotatable bonds is 6. The molecule has 7 nitrogen and oxygen atoms in total. The van der Waals surface area contributed by atoms with Gasteiger partial charge in [0.1, 0.15) is 0 Å². The lowest BCUT2D eigenvalue weighted by atomic mass is 9.92. The summed E-state index contributed by atoms with van der Waals surface area (Å²) in [5.41, 5.74) is 2.49. The maximum atomic E-state index is 13.5. The number of hydrogen-bond donors (Lipinski definition) is 2. The van der Waals surface area contributed by atoms with Crippen LogP contribution < -0.4 is 10.6 Å². The Bertz CT molecular complexity index is 1060. The number of benzene rings is 2. The fraction of sp³-hybridized carbons (Fsp3) is 0.364. The van der Waals surface area contributed by atoms with Crippen LogP contribution in [-0.2, 0) is 26.0 Å². The van der Waals surface area contributed by atoms with Gasteiger partial charge in [-0.15, -0.1) is 0 Å². The van der Waals surface area contributed by atoms with E-state index in [2.05, 4.69) is 10.6 Å². The number of nitrogens with zero attached hydrogens (tertiary/aromatic N) is 1. The SMILES string of the molecule is CC(=O)Nc1ccc(S(=O)(=O)N2CCc3ccccc3[C@H]2CC(=O)NC2CC2)cc1. The minimum absolute atomic E-state index is 0.0940. The van der Waals surface area contributed by atoms with Crippen LogP contribution in [-0.4, -0.2) is 37.1 Å². The van der Waals surface area contributed by atoms with Crippen molar-refractivity contribution in [2.24, 2.45) is 0 Å². The van der Waals surface area contributed by atoms with Gasteiger partial charge in [0.15, 0.2) is 0 Å². The average Bonchev–Trinajstić information content (AvgIpc) is 3.52. The molecular weight excluding hydrogens is 402 g/mol. The van der Waals surface area contributed by atoms with Crippen molar-refractivity contribution < 1.29 is 18.0 Å². The molecule has 1 aliphatic heterocycles. The predicted octanol–water partition coefficient (Wildman–Crippen LogP) is 2.60. The summed E-state index contributed by atoms with van der Waals surface area (Å²) in [7, 11) is -3.82. The van der Waals surface area contributed by atoms with E-state index in [1.807, 2.05) is 24.3 Å². The minimum atomic E-state index is -3.82. The summed E-state index contributed by atoms with van der Waals surface area (Å²) < 4.78 is 28.4. The lowest BCUT2D eigenvalue weighted by Crippen LogP contribution is -2.42. The summed E-state index contributed by atoms with van der Waals surface area (Å²) in [5, 5.41) is 5.60. The van der Waals surface area contributed by atoms with E-state index >= 15 is 0 Å². The predicted molar refractivity (Wildman–Crippen MR) is 113 cm³/mol. The molecule has 0 bridgehead atoms. The molecule has 1 heterocycles. The number of amides is 2. The van der Waals surface area contributed by atoms with Crippen LogP contribution >= 0.6 is 0 Å². The van der Waals surface area contributed by atoms with E-state index in [0.29, 0.717) is 18.7 Å². The highest BCUT2D eigenvalue weighted by Crippen LogP contribution is 2.36. The maximum Gasteiger partial charge on any atom is 0.243 e. The van der Waals surface area contributed by atoms with Crippen LogP contribution in [0.15, 0.2) is 53.4 Å². The van der Waals surface area contributed by atoms with Crippen molar-refractivity contribution in [2.75, 3.05) is 11.9 Å². The van der Waals surface area contributed by atoms with Gasteiger partial charge in [0.05, 0.1) is 10.9 Å². The topological polar surface area (TPSA) is 95.6 Å². The molecule has 0 saturated heterocycles. The Balaban J connectivity index is 1.64. The number of carbonyl (C=O) groups is 2. The van der Waals surface area contributed by atoms with Crippen LogP contribution in [0.5, 0.6) is 0 Å². The molecule has 30 heavy (non-hydrogen) atoms. The second-order valence-electron chi connectivity index (χ2n) is 7.83. The molecule has 1 atom stereocenters. The van der Waals surface area contributed by atoms with Gasteiger partial charge in [-0.1, -0.05) is 24.3 Å². The molecule has 8 heteroatoms. The lowest BCUT2D eigenvalue weighted by Gasteiger charge is -2.36. The minimum Gasteiger partial charge on any atom is -0.353 e. The van der Waals surface area contributed by atoms with Crippen LogP contribution in [0.3, 0.4) is 0 Å². The van der Waals surface area contributed by atoms with Crippen molar-refractivity contribution in [1.29, 1.82) is 0 Å². The maximum absolute atomic E-state index is 13.5. The summed E-state index contributed by atoms with van der Waals surface area (Å²) >= 11 is 0. The molecule has 0 radical (unpaired) electrons. The van der Waals surface area contributed by atoms with E-state index in [4.69, 9.17) is 0 Å². The van der Waals surface area contributed by atoms with E-state index in [1.54, 1.807) is 12.1 Å². The van der Waals surface area contributed by atoms with Gasteiger partial charge in [-0.25, -0.2) is 8.42 Å². The van der Waals surface area contributed by atoms with Gasteiger partial charge >= 0.3 is 0 Å². The highest BCUT2D eigenvalue weighted by molar-refractivity contribution is 7.89. The van der Waals surface area contributed by atoms with Crippen LogP contribution in [0.4, 0.5) is 5.69 Å². The van der Waals surface area contributed by atoms with Crippen molar-refractivity contribution in [3.8, 4) is 0 Å². The number of hydrogen-bond acceptors (Lipinski definition) is 4. The van der Waals surface area contributed by atoms with Gasteiger partial charge in [-0.2, -0.15) is 4.31 Å². The van der Waals surface area contributed by atoms with Crippen LogP contribution in [0, 0.1) is 0 Å². The van der Waals surface area contributed by atoms with Gasteiger partial charge in [-0.05, 0) is 54.7 Å². The van der Waals surface area contributed by atoms with Gasteiger partial charge < -0.3 is 10.6 Å². The molecule has 2 aromatic carbocycles. The molecule has 4 rings (SSSR count). The molecule has 1 fully saturated rings. The molecule has 1 saturated carbocycles. The van der Waals surface area contributed by atoms with Gasteiger partial charge in [0.25, 0.3) is 0 Å². The summed E-state index contributed by atoms with van der Waals surface area (Å²) in [6.07, 6.45) is 2.65. The molecule has 1 aliphatic carbocycles. The Morgan fingerprint density at radius 1 is 1.07 bits per heavy atom. The first-order valence-corrected chi connectivity index (χ1v) is 11.6. The second kappa shape index (κ2) is 8.20. The lowest BCUT2D eigenvalue weighted by molar-refractivity contribution is -0.122. The number of fused-ring (bicyclic) bond motifs is 1. The van der Waals surface area contributed by atoms with Crippen molar-refractivity contribution in [3.05, 3.63) is 59.7 Å². The first kappa shape index (κ1) is 20.6. The summed E-state index contributed by atoms with van der Waals surface area (Å²) in [5.74, 6) is -0.347. The molecule has 0 unspecified atom stereocenters. The first-order valence-electron chi connectivity index (χ1n) is 10.1. The summed E-state index contributed by atoms with van der Waals surface area (Å²) in [6.45, 7) is 1.71. The first-order chi connectivity index (χ1) is 14.3. The highest BCUT2D eigenvalue weighted by atomic mass is 32.2. The Labute approximate surface area is 176 Å². The van der Waals surface area contributed by atoms with E-state index in [1.165, 1.54) is 23.4 Å². The monoisotopic (exact) mass is 427 g/mol. The Morgan fingerprint density at radius 2 is 1.77 bits per heavy atom. The van der Waals surface area contributed by atoms with Crippen molar-refractivity contribution >= 4 is 27.5 Å². The zero-order valence-electron chi connectivity index (χ0n) is 16.8. The summed E-state index contributed by atoms with van der Waals surface area (Å²) in [4.78, 5) is 23.9. The molecule has 2 aliphatic rings. The van der Waals surface area contributed by atoms with E-state index < -0.39 is 16.1 Å². The van der Waals surface area contributed by atoms with Crippen molar-refractivity contribution in [1.82, 2.24) is 9.62 Å². The molecule has 2 amide bonds. The number of nitrogens with one attached hydrogen (secondary N) is 2. The third-order valence-electron chi connectivity index (χ3n) is 5.47. The molecule has 158 valence electrons. The van der Waals surface area contributed by atoms with E-state index in [0.717, 1.165) is 24.0 Å². The van der Waals surface area contributed by atoms with Crippen LogP contribution in [0.25, 0.3) is 0 Å². The smallest absolute Gasteiger partial charge is 0.243 e. The fourth-order valence-corrected chi connectivity index (χ4v) is 5.47. The third kappa shape index (κ3) is 4.39. The number of sulfonamides is 1. The van der Waals surface area contributed by atoms with Crippen LogP contribution in [0.2, 0.25) is 0 Å². The van der Waals surface area contributed by atoms with Crippen molar-refractivity contribution in [2.45, 2.75) is 49.6 Å². The van der Waals surface area contributed by atoms with Gasteiger partial charge in [0, 0.05) is 31.6 Å². The number of anilines is 1. The van der Waals surface area contributed by atoms with Gasteiger partial charge in [0.2, 0.25) is 21.8 Å². The molecule has 2 N–H and O–H groups in total. The molecular formula is C22H25N3O4S. The molecule has 2 aromatic rings. The normalized spacial score (nSPS) is 19.0. The quantitative estimate of drug-likeness (QED) is 0.741. The zero-order valence-corrected chi connectivity index (χ0v) is 17.6. The Kier molecular flexibility index (Phi) is 5.62. The van der Waals surface area contributed by atoms with E-state index in [-0.39, 0.29) is 29.2 Å². The highest BCUT2D eigenvalue weighted by Gasteiger charge is 2.38. The van der Waals surface area contributed by atoms with Crippen LogP contribution in [0.1, 0.15) is 43.4 Å². The molecule has 0 aromatic heterocycles. The summed E-state index contributed by atoms with van der Waals surface area (Å²) in [6, 6.07) is 13.5. The third-order valence-corrected chi connectivity index (χ3v) is 7.39. The zero-order chi connectivity index (χ0) is 21.3. The van der Waals surface area contributed by atoms with E-state index in [9.17, 15) is 18.0 Å². The Morgan fingerprint density at radius 3 is 2.43 bits per heavy atom. The largest absolute Gasteiger partial charge is 0.353 e. The number of carbonyl (C=O) groups excluding carboxylic acids is 2. The fourth-order valence-electron chi connectivity index (χ4n) is 3.87. The molecule has 0 spiro atoms. The van der Waals surface area contributed by atoms with Crippen molar-refractivity contribution in [3.63, 3.8) is 0 Å². The van der Waals surface area contributed by atoms with Gasteiger partial charge in [-0.3, -0.25) is 9.59 Å².